The van der Waals surface area contributed by atoms with Crippen LogP contribution in [0.3, 0.4) is 0 Å². The Kier molecular flexibility index (Phi) is 13.7. The van der Waals surface area contributed by atoms with Gasteiger partial charge in [0.1, 0.15) is 0 Å². The first kappa shape index (κ1) is 34.6. The van der Waals surface area contributed by atoms with Gasteiger partial charge in [-0.15, -0.1) is 0 Å². The zero-order valence-corrected chi connectivity index (χ0v) is 28.0. The lowest BCUT2D eigenvalue weighted by atomic mass is 9.71. The quantitative estimate of drug-likeness (QED) is 0.162. The predicted octanol–water partition coefficient (Wildman–Crippen LogP) is 11.3. The largest absolute Gasteiger partial charge is 0.393 e. The van der Waals surface area contributed by atoms with E-state index < -0.39 is 0 Å². The molecule has 224 valence electrons. The van der Waals surface area contributed by atoms with E-state index in [-0.39, 0.29) is 11.5 Å². The van der Waals surface area contributed by atoms with Gasteiger partial charge in [-0.3, -0.25) is 0 Å². The van der Waals surface area contributed by atoms with Crippen LogP contribution in [0.15, 0.2) is 93.7 Å². The average Bonchev–Trinajstić information content (AvgIpc) is 2.84. The van der Waals surface area contributed by atoms with Crippen molar-refractivity contribution in [3.05, 3.63) is 93.7 Å². The van der Waals surface area contributed by atoms with Gasteiger partial charge in [-0.05, 0) is 103 Å². The van der Waals surface area contributed by atoms with Crippen molar-refractivity contribution in [2.24, 2.45) is 16.7 Å². The maximum absolute atomic E-state index is 10.1. The molecule has 0 aromatic heterocycles. The first-order valence-corrected chi connectivity index (χ1v) is 15.8. The van der Waals surface area contributed by atoms with Crippen molar-refractivity contribution in [3.8, 4) is 11.8 Å². The van der Waals surface area contributed by atoms with Crippen LogP contribution in [-0.4, -0.2) is 11.2 Å². The van der Waals surface area contributed by atoms with Gasteiger partial charge in [0.05, 0.1) is 6.10 Å². The Bertz CT molecular complexity index is 1200. The van der Waals surface area contributed by atoms with Crippen LogP contribution in [0.2, 0.25) is 0 Å². The van der Waals surface area contributed by atoms with Crippen molar-refractivity contribution in [1.82, 2.24) is 0 Å². The molecule has 1 heteroatoms. The maximum Gasteiger partial charge on any atom is 0.0586 e. The second kappa shape index (κ2) is 16.2. The van der Waals surface area contributed by atoms with E-state index in [1.54, 1.807) is 11.1 Å². The van der Waals surface area contributed by atoms with Gasteiger partial charge in [0.15, 0.2) is 0 Å². The van der Waals surface area contributed by atoms with E-state index in [0.717, 1.165) is 31.3 Å². The van der Waals surface area contributed by atoms with E-state index in [1.807, 2.05) is 0 Å². The Hall–Kier alpha value is -2.56. The lowest BCUT2D eigenvalue weighted by molar-refractivity contribution is 0.117. The van der Waals surface area contributed by atoms with E-state index in [0.29, 0.717) is 11.3 Å². The highest BCUT2D eigenvalue weighted by atomic mass is 16.3. The van der Waals surface area contributed by atoms with E-state index in [4.69, 9.17) is 0 Å². The number of aliphatic hydroxyl groups is 1. The Morgan fingerprint density at radius 3 is 2.39 bits per heavy atom. The van der Waals surface area contributed by atoms with Crippen molar-refractivity contribution in [2.45, 2.75) is 127 Å². The summed E-state index contributed by atoms with van der Waals surface area (Å²) in [5, 5.41) is 10.1. The highest BCUT2D eigenvalue weighted by Crippen LogP contribution is 2.43. The lowest BCUT2D eigenvalue weighted by Gasteiger charge is -2.34. The van der Waals surface area contributed by atoms with Gasteiger partial charge in [-0.1, -0.05) is 129 Å². The van der Waals surface area contributed by atoms with Gasteiger partial charge in [0.2, 0.25) is 0 Å². The Morgan fingerprint density at radius 1 is 0.976 bits per heavy atom. The number of aliphatic hydroxyl groups excluding tert-OH is 1. The molecule has 0 fully saturated rings. The third kappa shape index (κ3) is 12.1. The Labute approximate surface area is 253 Å². The molecule has 1 unspecified atom stereocenters. The van der Waals surface area contributed by atoms with Gasteiger partial charge in [0, 0.05) is 11.0 Å². The topological polar surface area (TPSA) is 20.2 Å². The molecule has 0 bridgehead atoms. The fourth-order valence-corrected chi connectivity index (χ4v) is 6.31. The van der Waals surface area contributed by atoms with Crippen molar-refractivity contribution in [3.63, 3.8) is 0 Å². The summed E-state index contributed by atoms with van der Waals surface area (Å²) in [7, 11) is 0. The molecule has 0 aromatic carbocycles. The standard InChI is InChI=1S/C40H58O/c1-30(18-13-20-32(3)23-25-37-34(5)22-15-27-39(37,7)8)16-11-12-17-31(2)19-14-21-33(4)24-26-38-35(6)28-36(41)29-40(38,9)10/h11-14,16,18-21,31,36,41H,15,17,22-23,25,27-29H2,1-10H3/b12-11+,18-13+,19-14+,30-16+,32-20+,33-21+/t31?,36-/m1/s1. The van der Waals surface area contributed by atoms with E-state index in [1.165, 1.54) is 48.0 Å². The summed E-state index contributed by atoms with van der Waals surface area (Å²) in [5.41, 5.74) is 9.82. The molecule has 2 rings (SSSR count). The molecule has 0 radical (unpaired) electrons. The highest BCUT2D eigenvalue weighted by molar-refractivity contribution is 5.44. The van der Waals surface area contributed by atoms with Gasteiger partial charge < -0.3 is 5.11 Å². The van der Waals surface area contributed by atoms with Crippen molar-refractivity contribution in [2.75, 3.05) is 0 Å². The van der Waals surface area contributed by atoms with Crippen molar-refractivity contribution >= 4 is 0 Å². The van der Waals surface area contributed by atoms with Gasteiger partial charge in [-0.2, -0.15) is 0 Å². The molecule has 0 saturated heterocycles. The molecule has 2 atom stereocenters. The fourth-order valence-electron chi connectivity index (χ4n) is 6.31. The molecule has 2 aliphatic carbocycles. The molecule has 1 nitrogen and oxygen atoms in total. The second-order valence-electron chi connectivity index (χ2n) is 14.0. The normalized spacial score (nSPS) is 23.1. The second-order valence-corrected chi connectivity index (χ2v) is 14.0. The number of hydrogen-bond acceptors (Lipinski definition) is 1. The number of hydrogen-bond donors (Lipinski definition) is 1. The molecule has 41 heavy (non-hydrogen) atoms. The molecular formula is C40H58O. The molecule has 0 amide bonds. The molecule has 0 aromatic rings. The summed E-state index contributed by atoms with van der Waals surface area (Å²) in [6.45, 7) is 22.4. The summed E-state index contributed by atoms with van der Waals surface area (Å²) in [6, 6.07) is 0. The predicted molar refractivity (Wildman–Crippen MR) is 182 cm³/mol. The lowest BCUT2D eigenvalue weighted by Crippen LogP contribution is -2.28. The minimum atomic E-state index is -0.246. The van der Waals surface area contributed by atoms with E-state index in [9.17, 15) is 5.11 Å². The van der Waals surface area contributed by atoms with Gasteiger partial charge in [0.25, 0.3) is 0 Å². The zero-order chi connectivity index (χ0) is 30.6. The molecule has 0 aliphatic heterocycles. The summed E-state index contributed by atoms with van der Waals surface area (Å²) in [6.07, 6.45) is 28.3. The smallest absolute Gasteiger partial charge is 0.0586 e. The molecule has 0 heterocycles. The molecular weight excluding hydrogens is 496 g/mol. The minimum Gasteiger partial charge on any atom is -0.393 e. The van der Waals surface area contributed by atoms with Crippen LogP contribution in [0.5, 0.6) is 0 Å². The summed E-state index contributed by atoms with van der Waals surface area (Å²) < 4.78 is 0. The SMILES string of the molecule is CC1=C(C#C/C(C)=C/C=C/C(C)C/C=C/C=C(C)/C=C/C=C(\C)CCC2=C(C)CCCC2(C)C)C(C)(C)C[C@H](O)C1. The summed E-state index contributed by atoms with van der Waals surface area (Å²) in [4.78, 5) is 0. The summed E-state index contributed by atoms with van der Waals surface area (Å²) >= 11 is 0. The van der Waals surface area contributed by atoms with Crippen molar-refractivity contribution < 1.29 is 5.11 Å². The first-order valence-electron chi connectivity index (χ1n) is 15.8. The highest BCUT2D eigenvalue weighted by Gasteiger charge is 2.32. The third-order valence-corrected chi connectivity index (χ3v) is 8.76. The molecule has 0 spiro atoms. The number of allylic oxidation sites excluding steroid dienone is 15. The van der Waals surface area contributed by atoms with E-state index in [2.05, 4.69) is 136 Å². The Balaban J connectivity index is 1.81. The molecule has 1 N–H and O–H groups in total. The van der Waals surface area contributed by atoms with E-state index >= 15 is 0 Å². The van der Waals surface area contributed by atoms with Crippen LogP contribution in [0.25, 0.3) is 0 Å². The van der Waals surface area contributed by atoms with Crippen LogP contribution >= 0.6 is 0 Å². The van der Waals surface area contributed by atoms with Crippen LogP contribution in [0, 0.1) is 28.6 Å². The van der Waals surface area contributed by atoms with Crippen LogP contribution in [0.4, 0.5) is 0 Å². The minimum absolute atomic E-state index is 0.0623. The van der Waals surface area contributed by atoms with Gasteiger partial charge >= 0.3 is 0 Å². The van der Waals surface area contributed by atoms with Gasteiger partial charge in [-0.25, -0.2) is 0 Å². The van der Waals surface area contributed by atoms with Crippen LogP contribution < -0.4 is 0 Å². The average molecular weight is 555 g/mol. The molecule has 0 saturated carbocycles. The van der Waals surface area contributed by atoms with Crippen LogP contribution in [0.1, 0.15) is 121 Å². The van der Waals surface area contributed by atoms with Crippen LogP contribution in [-0.2, 0) is 0 Å². The zero-order valence-electron chi connectivity index (χ0n) is 28.0. The summed E-state index contributed by atoms with van der Waals surface area (Å²) in [5.74, 6) is 7.20. The van der Waals surface area contributed by atoms with Crippen molar-refractivity contribution in [1.29, 1.82) is 0 Å². The third-order valence-electron chi connectivity index (χ3n) is 8.76. The Morgan fingerprint density at radius 2 is 1.71 bits per heavy atom. The molecule has 2 aliphatic rings. The first-order chi connectivity index (χ1) is 19.2. The fraction of sp³-hybridized carbons (Fsp3) is 0.550. The maximum atomic E-state index is 10.1. The monoisotopic (exact) mass is 554 g/mol. The number of rotatable bonds is 10.